The highest BCUT2D eigenvalue weighted by atomic mass is 16.7. The van der Waals surface area contributed by atoms with Gasteiger partial charge in [0.15, 0.2) is 18.4 Å². The molecule has 1 fully saturated rings. The van der Waals surface area contributed by atoms with E-state index < -0.39 is 158 Å². The van der Waals surface area contributed by atoms with E-state index in [0.717, 1.165) is 6.92 Å². The summed E-state index contributed by atoms with van der Waals surface area (Å²) in [5.74, 6) is -10.8. The van der Waals surface area contributed by atoms with Gasteiger partial charge < -0.3 is 82.5 Å². The number of hydrogen-bond acceptors (Lipinski definition) is 18. The number of benzene rings is 2. The predicted molar refractivity (Wildman–Crippen MR) is 246 cm³/mol. The maximum absolute atomic E-state index is 13.9. The number of nitrogens with two attached hydrogens (primary N) is 1. The Morgan fingerprint density at radius 1 is 0.648 bits per heavy atom. The van der Waals surface area contributed by atoms with Gasteiger partial charge in [0.2, 0.25) is 35.4 Å². The Bertz CT molecular complexity index is 2160. The van der Waals surface area contributed by atoms with Crippen LogP contribution >= 0.6 is 0 Å². The minimum Gasteiger partial charge on any atom is -0.508 e. The molecule has 0 unspecified atom stereocenters. The van der Waals surface area contributed by atoms with E-state index in [1.807, 2.05) is 0 Å². The summed E-state index contributed by atoms with van der Waals surface area (Å²) in [6.45, 7) is 6.58. The summed E-state index contributed by atoms with van der Waals surface area (Å²) in [6, 6.07) is 4.04. The van der Waals surface area contributed by atoms with Crippen molar-refractivity contribution in [3.8, 4) is 5.75 Å². The molecule has 25 nitrogen and oxygen atoms in total. The van der Waals surface area contributed by atoms with Gasteiger partial charge in [0.1, 0.15) is 60.9 Å². The van der Waals surface area contributed by atoms with Gasteiger partial charge in [0, 0.05) is 13.3 Å². The number of aliphatic hydroxyl groups excluding tert-OH is 4. The quantitative estimate of drug-likeness (QED) is 0.0423. The van der Waals surface area contributed by atoms with Gasteiger partial charge in [-0.15, -0.1) is 0 Å². The number of phenols is 1. The molecule has 71 heavy (non-hydrogen) atoms. The zero-order valence-electron chi connectivity index (χ0n) is 40.0. The Balaban J connectivity index is 1.72. The van der Waals surface area contributed by atoms with Crippen LogP contribution in [0.3, 0.4) is 0 Å². The molecule has 14 N–H and O–H groups in total. The van der Waals surface area contributed by atoms with Crippen molar-refractivity contribution in [3.63, 3.8) is 0 Å². The van der Waals surface area contributed by atoms with E-state index in [4.69, 9.17) is 19.9 Å². The van der Waals surface area contributed by atoms with E-state index in [1.54, 1.807) is 42.5 Å². The maximum atomic E-state index is 13.9. The lowest BCUT2D eigenvalue weighted by Gasteiger charge is -2.39. The van der Waals surface area contributed by atoms with Gasteiger partial charge in [-0.25, -0.2) is 4.79 Å². The van der Waals surface area contributed by atoms with E-state index in [9.17, 15) is 73.8 Å². The molecule has 0 aliphatic carbocycles. The monoisotopic (exact) mass is 1000 g/mol. The zero-order chi connectivity index (χ0) is 53.3. The second-order valence-corrected chi connectivity index (χ2v) is 17.6. The largest absolute Gasteiger partial charge is 0.508 e. The number of ether oxygens (including phenoxy) is 3. The standard InChI is InChI=1S/C46H65N7O18/c1-21(2)34(43(65)51-31(19-54)45(67)69-20-32-38(70-24(6)55)36(59)37(60)46(68)71-32)53-44(66)35(22(3)4)52-42(64)30(18-33(57)58)50-41(63)29(17-25-10-8-7-9-11-25)49-39(61)23(5)48-40(62)28(47)16-26-12-14-27(56)15-13-26/h7-15,21-23,28-32,34-38,46,54,56,59-60,68H,16-20,47H2,1-6H3,(H,48,62)(H,49,61)(H,50,63)(H,51,65)(H,52,64)(H,53,66)(H,57,58)/t23-,28+,29+,30+,31-,32-,34+,35+,36-,37-,38-,46+/m1/s1. The Labute approximate surface area is 408 Å². The number of phenolic OH excluding ortho intramolecular Hbond substituents is 1. The minimum absolute atomic E-state index is 0.0168. The van der Waals surface area contributed by atoms with E-state index in [2.05, 4.69) is 31.9 Å². The molecule has 1 aliphatic rings. The number of nitrogens with one attached hydrogen (secondary N) is 6. The minimum atomic E-state index is -1.96. The van der Waals surface area contributed by atoms with E-state index in [1.165, 1.54) is 46.8 Å². The second-order valence-electron chi connectivity index (χ2n) is 17.6. The van der Waals surface area contributed by atoms with Crippen LogP contribution in [0.2, 0.25) is 0 Å². The van der Waals surface area contributed by atoms with Crippen LogP contribution in [0.5, 0.6) is 5.75 Å². The molecule has 2 aromatic carbocycles. The predicted octanol–water partition coefficient (Wildman–Crippen LogP) is -3.87. The van der Waals surface area contributed by atoms with Crippen molar-refractivity contribution in [1.82, 2.24) is 31.9 Å². The van der Waals surface area contributed by atoms with Crippen LogP contribution in [-0.2, 0) is 70.2 Å². The first kappa shape index (κ1) is 58.5. The topological polar surface area (TPSA) is 401 Å². The molecule has 6 amide bonds. The lowest BCUT2D eigenvalue weighted by atomic mass is 9.98. The summed E-state index contributed by atoms with van der Waals surface area (Å²) in [5, 5.41) is 74.0. The second kappa shape index (κ2) is 27.6. The molecule has 1 saturated heterocycles. The number of aliphatic hydroxyl groups is 4. The van der Waals surface area contributed by atoms with Gasteiger partial charge >= 0.3 is 17.9 Å². The van der Waals surface area contributed by atoms with Gasteiger partial charge in [-0.2, -0.15) is 0 Å². The molecule has 0 aromatic heterocycles. The van der Waals surface area contributed by atoms with Crippen LogP contribution in [0.25, 0.3) is 0 Å². The first-order valence-corrected chi connectivity index (χ1v) is 22.6. The first-order chi connectivity index (χ1) is 33.3. The van der Waals surface area contributed by atoms with Crippen LogP contribution in [0.4, 0.5) is 0 Å². The molecule has 0 radical (unpaired) electrons. The Morgan fingerprint density at radius 2 is 1.17 bits per heavy atom. The maximum Gasteiger partial charge on any atom is 0.331 e. The smallest absolute Gasteiger partial charge is 0.331 e. The van der Waals surface area contributed by atoms with E-state index in [0.29, 0.717) is 11.1 Å². The number of aromatic hydroxyl groups is 1. The van der Waals surface area contributed by atoms with Crippen LogP contribution in [-0.4, -0.2) is 170 Å². The van der Waals surface area contributed by atoms with Crippen LogP contribution in [0.1, 0.15) is 59.1 Å². The number of rotatable bonds is 25. The van der Waals surface area contributed by atoms with Gasteiger partial charge in [0.25, 0.3) is 0 Å². The molecule has 0 spiro atoms. The molecule has 1 aliphatic heterocycles. The van der Waals surface area contributed by atoms with Gasteiger partial charge in [-0.3, -0.25) is 38.4 Å². The number of carbonyl (C=O) groups excluding carboxylic acids is 8. The molecule has 1 heterocycles. The van der Waals surface area contributed by atoms with Crippen LogP contribution in [0, 0.1) is 11.8 Å². The summed E-state index contributed by atoms with van der Waals surface area (Å²) >= 11 is 0. The Hall–Kier alpha value is -6.77. The number of hydrogen-bond donors (Lipinski definition) is 13. The number of carboxylic acids is 1. The average Bonchev–Trinajstić information content (AvgIpc) is 3.30. The normalized spacial score (nSPS) is 20.6. The third-order valence-electron chi connectivity index (χ3n) is 11.0. The molecular weight excluding hydrogens is 939 g/mol. The molecular formula is C46H65N7O18. The summed E-state index contributed by atoms with van der Waals surface area (Å²) in [4.78, 5) is 118. The average molecular weight is 1000 g/mol. The highest BCUT2D eigenvalue weighted by Crippen LogP contribution is 2.23. The molecule has 25 heteroatoms. The Kier molecular flexibility index (Phi) is 22.7. The molecule has 2 aromatic rings. The van der Waals surface area contributed by atoms with Crippen molar-refractivity contribution >= 4 is 53.4 Å². The number of carboxylic acid groups (broad SMARTS) is 1. The van der Waals surface area contributed by atoms with Crippen molar-refractivity contribution in [3.05, 3.63) is 65.7 Å². The van der Waals surface area contributed by atoms with Crippen molar-refractivity contribution < 1.29 is 88.0 Å². The number of amides is 6. The molecule has 12 atom stereocenters. The summed E-state index contributed by atoms with van der Waals surface area (Å²) < 4.78 is 15.2. The van der Waals surface area contributed by atoms with Crippen molar-refractivity contribution in [2.24, 2.45) is 17.6 Å². The first-order valence-electron chi connectivity index (χ1n) is 22.6. The highest BCUT2D eigenvalue weighted by Gasteiger charge is 2.47. The third-order valence-corrected chi connectivity index (χ3v) is 11.0. The molecule has 392 valence electrons. The van der Waals surface area contributed by atoms with Crippen LogP contribution < -0.4 is 37.6 Å². The fourth-order valence-electron chi connectivity index (χ4n) is 7.04. The lowest BCUT2D eigenvalue weighted by Crippen LogP contribution is -2.61. The SMILES string of the molecule is CC(=O)O[C@H]1[C@H](O)[C@@H](O)[C@@H](O)O[C@@H]1COC(=O)[C@@H](CO)NC(=O)[C@@H](NC(=O)[C@@H](NC(=O)[C@H](CC(=O)O)NC(=O)[C@H](Cc1ccccc1)NC(=O)[C@@H](C)NC(=O)[C@@H](N)Cc1ccc(O)cc1)C(C)C)C(C)C. The van der Waals surface area contributed by atoms with Gasteiger partial charge in [0.05, 0.1) is 19.1 Å². The zero-order valence-corrected chi connectivity index (χ0v) is 40.0. The molecule has 3 rings (SSSR count). The fraction of sp³-hybridized carbons (Fsp3) is 0.543. The number of esters is 2. The highest BCUT2D eigenvalue weighted by molar-refractivity contribution is 5.98. The number of carbonyl (C=O) groups is 9. The van der Waals surface area contributed by atoms with Crippen molar-refractivity contribution in [2.75, 3.05) is 13.2 Å². The third kappa shape index (κ3) is 18.2. The summed E-state index contributed by atoms with van der Waals surface area (Å²) in [7, 11) is 0. The van der Waals surface area contributed by atoms with Crippen molar-refractivity contribution in [1.29, 1.82) is 0 Å². The molecule has 0 bridgehead atoms. The lowest BCUT2D eigenvalue weighted by molar-refractivity contribution is -0.290. The van der Waals surface area contributed by atoms with E-state index in [-0.39, 0.29) is 18.6 Å². The Morgan fingerprint density at radius 3 is 1.72 bits per heavy atom. The number of aliphatic carboxylic acids is 1. The van der Waals surface area contributed by atoms with Gasteiger partial charge in [-0.1, -0.05) is 70.2 Å². The molecule has 0 saturated carbocycles. The summed E-state index contributed by atoms with van der Waals surface area (Å²) in [6.07, 6.45) is -9.86. The van der Waals surface area contributed by atoms with Crippen LogP contribution in [0.15, 0.2) is 54.6 Å². The summed E-state index contributed by atoms with van der Waals surface area (Å²) in [5.41, 5.74) is 7.25. The fourth-order valence-corrected chi connectivity index (χ4v) is 7.04. The van der Waals surface area contributed by atoms with E-state index >= 15 is 0 Å². The van der Waals surface area contributed by atoms with Gasteiger partial charge in [-0.05, 0) is 48.4 Å². The van der Waals surface area contributed by atoms with Crippen molar-refractivity contribution in [2.45, 2.75) is 134 Å².